The molecule has 3 aromatic rings. The first-order valence-electron chi connectivity index (χ1n) is 14.9. The second-order valence-electron chi connectivity index (χ2n) is 12.1. The molecule has 2 fully saturated rings. The molecule has 0 radical (unpaired) electrons. The van der Waals surface area contributed by atoms with Gasteiger partial charge in [-0.05, 0) is 80.3 Å². The molecule has 1 saturated carbocycles. The molecule has 2 N–H and O–H groups in total. The molecule has 1 atom stereocenters. The Hall–Kier alpha value is -3.37. The number of benzene rings is 3. The van der Waals surface area contributed by atoms with Crippen molar-refractivity contribution in [3.05, 3.63) is 107 Å². The zero-order valence-corrected chi connectivity index (χ0v) is 24.4. The Kier molecular flexibility index (Phi) is 8.88. The molecule has 1 unspecified atom stereocenters. The number of nitrogens with one attached hydrogen (secondary N) is 1. The fraction of sp³-hybridized carbons (Fsp3) is 0.441. The van der Waals surface area contributed by atoms with E-state index >= 15 is 0 Å². The van der Waals surface area contributed by atoms with Crippen molar-refractivity contribution in [3.63, 3.8) is 0 Å². The molecule has 10 heteroatoms. The smallest absolute Gasteiger partial charge is 0.385 e. The van der Waals surface area contributed by atoms with Crippen LogP contribution in [-0.4, -0.2) is 35.0 Å². The molecule has 1 aliphatic carbocycles. The van der Waals surface area contributed by atoms with Gasteiger partial charge < -0.3 is 15.3 Å². The van der Waals surface area contributed by atoms with Gasteiger partial charge in [-0.25, -0.2) is 0 Å². The van der Waals surface area contributed by atoms with E-state index in [0.29, 0.717) is 63.7 Å². The average molecular weight is 619 g/mol. The molecule has 0 spiro atoms. The summed E-state index contributed by atoms with van der Waals surface area (Å²) in [5.74, 6) is -0.419. The van der Waals surface area contributed by atoms with E-state index in [1.807, 2.05) is 60.7 Å². The minimum atomic E-state index is -4.98. The van der Waals surface area contributed by atoms with Crippen LogP contribution in [0.5, 0.6) is 0 Å². The number of hydrogen-bond donors (Lipinski definition) is 2. The van der Waals surface area contributed by atoms with Gasteiger partial charge in [-0.3, -0.25) is 4.79 Å². The van der Waals surface area contributed by atoms with E-state index < -0.39 is 46.4 Å². The molecule has 5 rings (SSSR count). The molecule has 1 saturated heterocycles. The summed E-state index contributed by atoms with van der Waals surface area (Å²) >= 11 is 0. The predicted molar refractivity (Wildman–Crippen MR) is 155 cm³/mol. The van der Waals surface area contributed by atoms with Crippen LogP contribution in [0.25, 0.3) is 0 Å². The van der Waals surface area contributed by atoms with Gasteiger partial charge in [0, 0.05) is 19.1 Å². The molecule has 1 amide bonds. The number of alkyl halides is 6. The van der Waals surface area contributed by atoms with Crippen molar-refractivity contribution in [3.8, 4) is 0 Å². The van der Waals surface area contributed by atoms with Gasteiger partial charge in [0.2, 0.25) is 5.91 Å². The van der Waals surface area contributed by atoms with E-state index in [1.54, 1.807) is 0 Å². The van der Waals surface area contributed by atoms with E-state index in [9.17, 15) is 36.2 Å². The van der Waals surface area contributed by atoms with Crippen LogP contribution in [0.2, 0.25) is 0 Å². The molecule has 1 heterocycles. The zero-order chi connectivity index (χ0) is 31.8. The first kappa shape index (κ1) is 32.0. The topological polar surface area (TPSA) is 52.6 Å². The number of nitrogens with zero attached hydrogens (tertiary/aromatic N) is 1. The number of aliphatic hydroxyl groups is 1. The maximum Gasteiger partial charge on any atom is 0.416 e. The molecule has 0 aromatic heterocycles. The highest BCUT2D eigenvalue weighted by Gasteiger charge is 2.46. The molecule has 3 aromatic carbocycles. The second-order valence-corrected chi connectivity index (χ2v) is 12.1. The third kappa shape index (κ3) is 6.66. The quantitative estimate of drug-likeness (QED) is 0.278. The van der Waals surface area contributed by atoms with Crippen LogP contribution in [-0.2, 0) is 28.2 Å². The van der Waals surface area contributed by atoms with Gasteiger partial charge in [0.15, 0.2) is 0 Å². The van der Waals surface area contributed by atoms with Gasteiger partial charge in [0.25, 0.3) is 0 Å². The molecular formula is C34H36F6N2O2. The number of rotatable bonds is 6. The Balaban J connectivity index is 1.32. The average Bonchev–Trinajstić information content (AvgIpc) is 3.01. The Labute approximate surface area is 253 Å². The molecule has 2 aliphatic rings. The van der Waals surface area contributed by atoms with E-state index in [0.717, 1.165) is 11.1 Å². The fourth-order valence-electron chi connectivity index (χ4n) is 6.81. The third-order valence-corrected chi connectivity index (χ3v) is 9.48. The van der Waals surface area contributed by atoms with Crippen molar-refractivity contribution in [2.75, 3.05) is 13.1 Å². The lowest BCUT2D eigenvalue weighted by molar-refractivity contribution is -0.143. The molecule has 0 bridgehead atoms. The summed E-state index contributed by atoms with van der Waals surface area (Å²) in [4.78, 5) is 16.3. The van der Waals surface area contributed by atoms with Crippen molar-refractivity contribution < 1.29 is 36.2 Å². The summed E-state index contributed by atoms with van der Waals surface area (Å²) in [6.07, 6.45) is -6.47. The largest absolute Gasteiger partial charge is 0.416 e. The van der Waals surface area contributed by atoms with Crippen molar-refractivity contribution in [1.82, 2.24) is 10.2 Å². The normalized spacial score (nSPS) is 23.6. The minimum Gasteiger partial charge on any atom is -0.385 e. The highest BCUT2D eigenvalue weighted by Crippen LogP contribution is 2.44. The first-order valence-corrected chi connectivity index (χ1v) is 14.9. The Morgan fingerprint density at radius 2 is 1.27 bits per heavy atom. The number of carbonyl (C=O) groups excluding carboxylic acids is 1. The Morgan fingerprint density at radius 1 is 0.795 bits per heavy atom. The zero-order valence-electron chi connectivity index (χ0n) is 24.4. The molecular weight excluding hydrogens is 582 g/mol. The summed E-state index contributed by atoms with van der Waals surface area (Å²) in [6.45, 7) is 2.81. The maximum absolute atomic E-state index is 14.0. The van der Waals surface area contributed by atoms with Crippen LogP contribution < -0.4 is 5.32 Å². The fourth-order valence-corrected chi connectivity index (χ4v) is 6.81. The number of piperidine rings is 1. The van der Waals surface area contributed by atoms with Crippen molar-refractivity contribution in [2.45, 2.75) is 80.9 Å². The lowest BCUT2D eigenvalue weighted by atomic mass is 9.67. The summed E-state index contributed by atoms with van der Waals surface area (Å²) in [5.41, 5.74) is -3.30. The van der Waals surface area contributed by atoms with Crippen molar-refractivity contribution in [2.24, 2.45) is 0 Å². The van der Waals surface area contributed by atoms with Gasteiger partial charge in [0.05, 0.1) is 28.2 Å². The van der Waals surface area contributed by atoms with Crippen LogP contribution in [0.1, 0.15) is 79.3 Å². The predicted octanol–water partition coefficient (Wildman–Crippen LogP) is 7.77. The van der Waals surface area contributed by atoms with Crippen LogP contribution in [0.4, 0.5) is 26.3 Å². The summed E-state index contributed by atoms with van der Waals surface area (Å²) < 4.78 is 80.9. The van der Waals surface area contributed by atoms with E-state index in [2.05, 4.69) is 10.2 Å². The number of carbonyl (C=O) groups is 1. The second kappa shape index (κ2) is 12.2. The molecule has 236 valence electrons. The number of halogens is 6. The SMILES string of the molecule is CC(NC(=O)C1(c2ccccc2)CCC(N2CCC(O)(c3ccccc3)CC2)CC1)c1cc(C(F)(F)F)cc(C(F)(F)F)c1. The molecule has 44 heavy (non-hydrogen) atoms. The van der Waals surface area contributed by atoms with E-state index in [1.165, 1.54) is 6.92 Å². The number of likely N-dealkylation sites (tertiary alicyclic amines) is 1. The molecule has 1 aliphatic heterocycles. The lowest BCUT2D eigenvalue weighted by Gasteiger charge is -2.46. The highest BCUT2D eigenvalue weighted by molar-refractivity contribution is 5.88. The van der Waals surface area contributed by atoms with Gasteiger partial charge in [-0.1, -0.05) is 60.7 Å². The van der Waals surface area contributed by atoms with Crippen LogP contribution in [0.3, 0.4) is 0 Å². The van der Waals surface area contributed by atoms with Crippen molar-refractivity contribution >= 4 is 5.91 Å². The highest BCUT2D eigenvalue weighted by atomic mass is 19.4. The van der Waals surface area contributed by atoms with E-state index in [4.69, 9.17) is 0 Å². The lowest BCUT2D eigenvalue weighted by Crippen LogP contribution is -2.52. The minimum absolute atomic E-state index is 0.0893. The van der Waals surface area contributed by atoms with Crippen LogP contribution in [0.15, 0.2) is 78.9 Å². The Morgan fingerprint density at radius 3 is 1.75 bits per heavy atom. The standard InChI is InChI=1S/C34H36F6N2O2/c1-23(24-20-27(33(35,36)37)22-28(21-24)34(38,39)40)41-30(43)31(25-8-4-2-5-9-25)14-12-29(13-15-31)42-18-16-32(44,17-19-42)26-10-6-3-7-11-26/h2-11,20-23,29,44H,12-19H2,1H3,(H,41,43). The Bertz CT molecular complexity index is 1390. The summed E-state index contributed by atoms with van der Waals surface area (Å²) in [6, 6.07) is 19.3. The molecule has 4 nitrogen and oxygen atoms in total. The van der Waals surface area contributed by atoms with E-state index in [-0.39, 0.29) is 17.7 Å². The third-order valence-electron chi connectivity index (χ3n) is 9.48. The number of amides is 1. The van der Waals surface area contributed by atoms with Gasteiger partial charge in [0.1, 0.15) is 0 Å². The van der Waals surface area contributed by atoms with Crippen LogP contribution >= 0.6 is 0 Å². The number of hydrogen-bond acceptors (Lipinski definition) is 3. The monoisotopic (exact) mass is 618 g/mol. The summed E-state index contributed by atoms with van der Waals surface area (Å²) in [7, 11) is 0. The summed E-state index contributed by atoms with van der Waals surface area (Å²) in [5, 5.41) is 14.0. The van der Waals surface area contributed by atoms with Gasteiger partial charge in [-0.15, -0.1) is 0 Å². The maximum atomic E-state index is 14.0. The van der Waals surface area contributed by atoms with Crippen LogP contribution in [0, 0.1) is 0 Å². The van der Waals surface area contributed by atoms with Gasteiger partial charge >= 0.3 is 12.4 Å². The van der Waals surface area contributed by atoms with Crippen molar-refractivity contribution in [1.29, 1.82) is 0 Å². The van der Waals surface area contributed by atoms with Gasteiger partial charge in [-0.2, -0.15) is 26.3 Å². The first-order chi connectivity index (χ1) is 20.7.